The van der Waals surface area contributed by atoms with Crippen molar-refractivity contribution in [3.05, 3.63) is 59.7 Å². The van der Waals surface area contributed by atoms with Gasteiger partial charge in [-0.05, 0) is 36.6 Å². The molecule has 5 nitrogen and oxygen atoms in total. The van der Waals surface area contributed by atoms with Crippen LogP contribution < -0.4 is 14.8 Å². The second-order valence-corrected chi connectivity index (χ2v) is 5.66. The standard InChI is InChI=1S/C20H23NO4/c1-3-24-19-11-16(13-22)9-10-18(19)25-14-20(23)21-12-15(2)17-7-5-4-6-8-17/h4-11,13,15H,3,12,14H2,1-2H3,(H,21,23)/t15-/m1/s1. The molecule has 1 amide bonds. The first-order chi connectivity index (χ1) is 12.1. The summed E-state index contributed by atoms with van der Waals surface area (Å²) in [6.07, 6.45) is 0.740. The van der Waals surface area contributed by atoms with Crippen LogP contribution in [0.4, 0.5) is 0 Å². The molecule has 0 aromatic heterocycles. The van der Waals surface area contributed by atoms with E-state index in [1.807, 2.05) is 37.3 Å². The number of amides is 1. The molecular formula is C20H23NO4. The molecular weight excluding hydrogens is 318 g/mol. The van der Waals surface area contributed by atoms with E-state index in [0.29, 0.717) is 30.2 Å². The minimum absolute atomic E-state index is 0.109. The van der Waals surface area contributed by atoms with Crippen molar-refractivity contribution in [3.63, 3.8) is 0 Å². The van der Waals surface area contributed by atoms with Gasteiger partial charge >= 0.3 is 0 Å². The fraction of sp³-hybridized carbons (Fsp3) is 0.300. The highest BCUT2D eigenvalue weighted by molar-refractivity contribution is 5.78. The number of benzene rings is 2. The quantitative estimate of drug-likeness (QED) is 0.712. The van der Waals surface area contributed by atoms with Crippen LogP contribution >= 0.6 is 0 Å². The maximum Gasteiger partial charge on any atom is 0.257 e. The normalized spacial score (nSPS) is 11.4. The highest BCUT2D eigenvalue weighted by Gasteiger charge is 2.11. The van der Waals surface area contributed by atoms with E-state index in [9.17, 15) is 9.59 Å². The number of hydrogen-bond donors (Lipinski definition) is 1. The number of ether oxygens (including phenoxy) is 2. The molecule has 132 valence electrons. The van der Waals surface area contributed by atoms with Gasteiger partial charge in [-0.2, -0.15) is 0 Å². The molecule has 0 radical (unpaired) electrons. The Hall–Kier alpha value is -2.82. The third kappa shape index (κ3) is 5.64. The summed E-state index contributed by atoms with van der Waals surface area (Å²) in [7, 11) is 0. The molecule has 2 aromatic carbocycles. The number of hydrogen-bond acceptors (Lipinski definition) is 4. The van der Waals surface area contributed by atoms with Gasteiger partial charge in [0.15, 0.2) is 18.1 Å². The second kappa shape index (κ2) is 9.47. The van der Waals surface area contributed by atoms with E-state index >= 15 is 0 Å². The predicted molar refractivity (Wildman–Crippen MR) is 96.4 cm³/mol. The molecule has 0 unspecified atom stereocenters. The van der Waals surface area contributed by atoms with Crippen LogP contribution in [0.5, 0.6) is 11.5 Å². The molecule has 25 heavy (non-hydrogen) atoms. The number of aldehydes is 1. The highest BCUT2D eigenvalue weighted by atomic mass is 16.5. The lowest BCUT2D eigenvalue weighted by atomic mass is 10.0. The third-order valence-corrected chi connectivity index (χ3v) is 3.74. The molecule has 0 bridgehead atoms. The maximum atomic E-state index is 12.0. The Morgan fingerprint density at radius 3 is 2.56 bits per heavy atom. The zero-order chi connectivity index (χ0) is 18.1. The Kier molecular flexibility index (Phi) is 7.01. The minimum atomic E-state index is -0.204. The van der Waals surface area contributed by atoms with Crippen molar-refractivity contribution in [3.8, 4) is 11.5 Å². The summed E-state index contributed by atoms with van der Waals surface area (Å²) in [5, 5.41) is 2.86. The van der Waals surface area contributed by atoms with E-state index in [-0.39, 0.29) is 18.4 Å². The lowest BCUT2D eigenvalue weighted by molar-refractivity contribution is -0.123. The van der Waals surface area contributed by atoms with E-state index in [4.69, 9.17) is 9.47 Å². The lowest BCUT2D eigenvalue weighted by Gasteiger charge is -2.14. The van der Waals surface area contributed by atoms with Crippen molar-refractivity contribution in [1.29, 1.82) is 0 Å². The Bertz CT molecular complexity index is 700. The van der Waals surface area contributed by atoms with Gasteiger partial charge in [0.05, 0.1) is 6.61 Å². The van der Waals surface area contributed by atoms with Crippen molar-refractivity contribution in [2.24, 2.45) is 0 Å². The van der Waals surface area contributed by atoms with E-state index in [0.717, 1.165) is 6.29 Å². The van der Waals surface area contributed by atoms with E-state index in [2.05, 4.69) is 12.2 Å². The van der Waals surface area contributed by atoms with Crippen LogP contribution in [-0.4, -0.2) is 32.0 Å². The fourth-order valence-electron chi connectivity index (χ4n) is 2.35. The SMILES string of the molecule is CCOc1cc(C=O)ccc1OCC(=O)NC[C@@H](C)c1ccccc1. The Morgan fingerprint density at radius 2 is 1.88 bits per heavy atom. The van der Waals surface area contributed by atoms with Gasteiger partial charge in [0, 0.05) is 12.1 Å². The van der Waals surface area contributed by atoms with Crippen molar-refractivity contribution < 1.29 is 19.1 Å². The van der Waals surface area contributed by atoms with E-state index < -0.39 is 0 Å². The van der Waals surface area contributed by atoms with Crippen LogP contribution in [0.15, 0.2) is 48.5 Å². The van der Waals surface area contributed by atoms with Gasteiger partial charge in [-0.15, -0.1) is 0 Å². The summed E-state index contributed by atoms with van der Waals surface area (Å²) in [6, 6.07) is 14.9. The number of rotatable bonds is 9. The summed E-state index contributed by atoms with van der Waals surface area (Å²) in [5.74, 6) is 0.914. The molecule has 0 fully saturated rings. The molecule has 0 heterocycles. The van der Waals surface area contributed by atoms with Crippen LogP contribution in [0.2, 0.25) is 0 Å². The van der Waals surface area contributed by atoms with Gasteiger partial charge in [0.25, 0.3) is 5.91 Å². The molecule has 0 spiro atoms. The van der Waals surface area contributed by atoms with Crippen LogP contribution in [0.25, 0.3) is 0 Å². The molecule has 0 aliphatic heterocycles. The van der Waals surface area contributed by atoms with Crippen LogP contribution in [0.3, 0.4) is 0 Å². The van der Waals surface area contributed by atoms with Gasteiger partial charge in [-0.25, -0.2) is 0 Å². The van der Waals surface area contributed by atoms with Gasteiger partial charge in [-0.3, -0.25) is 9.59 Å². The van der Waals surface area contributed by atoms with Crippen LogP contribution in [-0.2, 0) is 4.79 Å². The molecule has 0 saturated carbocycles. The molecule has 1 atom stereocenters. The maximum absolute atomic E-state index is 12.0. The molecule has 5 heteroatoms. The molecule has 0 aliphatic rings. The summed E-state index contributed by atoms with van der Waals surface area (Å²) < 4.78 is 11.0. The monoisotopic (exact) mass is 341 g/mol. The molecule has 1 N–H and O–H groups in total. The molecule has 2 aromatic rings. The van der Waals surface area contributed by atoms with Crippen LogP contribution in [0.1, 0.15) is 35.7 Å². The van der Waals surface area contributed by atoms with Crippen molar-refractivity contribution in [2.75, 3.05) is 19.8 Å². The summed E-state index contributed by atoms with van der Waals surface area (Å²) in [5.41, 5.74) is 1.67. The summed E-state index contributed by atoms with van der Waals surface area (Å²) >= 11 is 0. The smallest absolute Gasteiger partial charge is 0.257 e. The lowest BCUT2D eigenvalue weighted by Crippen LogP contribution is -2.31. The van der Waals surface area contributed by atoms with E-state index in [1.54, 1.807) is 18.2 Å². The number of nitrogens with one attached hydrogen (secondary N) is 1. The summed E-state index contributed by atoms with van der Waals surface area (Å²) in [6.45, 7) is 4.77. The zero-order valence-electron chi connectivity index (χ0n) is 14.5. The van der Waals surface area contributed by atoms with E-state index in [1.165, 1.54) is 5.56 Å². The number of carbonyl (C=O) groups excluding carboxylic acids is 2. The second-order valence-electron chi connectivity index (χ2n) is 5.66. The van der Waals surface area contributed by atoms with Crippen molar-refractivity contribution in [2.45, 2.75) is 19.8 Å². The Balaban J connectivity index is 1.86. The van der Waals surface area contributed by atoms with Gasteiger partial charge in [0.1, 0.15) is 6.29 Å². The topological polar surface area (TPSA) is 64.6 Å². The predicted octanol–water partition coefficient (Wildman–Crippen LogP) is 3.20. The zero-order valence-corrected chi connectivity index (χ0v) is 14.5. The summed E-state index contributed by atoms with van der Waals surface area (Å²) in [4.78, 5) is 22.9. The van der Waals surface area contributed by atoms with Crippen LogP contribution in [0, 0.1) is 0 Å². The van der Waals surface area contributed by atoms with Crippen molar-refractivity contribution >= 4 is 12.2 Å². The van der Waals surface area contributed by atoms with Gasteiger partial charge in [0.2, 0.25) is 0 Å². The van der Waals surface area contributed by atoms with Gasteiger partial charge < -0.3 is 14.8 Å². The number of carbonyl (C=O) groups is 2. The Morgan fingerprint density at radius 1 is 1.12 bits per heavy atom. The van der Waals surface area contributed by atoms with Crippen molar-refractivity contribution in [1.82, 2.24) is 5.32 Å². The average Bonchev–Trinajstić information content (AvgIpc) is 2.65. The molecule has 0 saturated heterocycles. The first-order valence-corrected chi connectivity index (χ1v) is 8.30. The molecule has 0 aliphatic carbocycles. The van der Waals surface area contributed by atoms with Gasteiger partial charge in [-0.1, -0.05) is 37.3 Å². The average molecular weight is 341 g/mol. The first kappa shape index (κ1) is 18.5. The fourth-order valence-corrected chi connectivity index (χ4v) is 2.35. The first-order valence-electron chi connectivity index (χ1n) is 8.30. The third-order valence-electron chi connectivity index (χ3n) is 3.74. The Labute approximate surface area is 148 Å². The minimum Gasteiger partial charge on any atom is -0.490 e. The largest absolute Gasteiger partial charge is 0.490 e. The molecule has 2 rings (SSSR count). The highest BCUT2D eigenvalue weighted by Crippen LogP contribution is 2.28.